The molecule has 2 heteroatoms. The van der Waals surface area contributed by atoms with Gasteiger partial charge in [-0.25, -0.2) is 5.32 Å². The molecule has 1 rings (SSSR count). The molecule has 1 heterocycles. The summed E-state index contributed by atoms with van der Waals surface area (Å²) in [6.07, 6.45) is 3.30. The lowest BCUT2D eigenvalue weighted by Gasteiger charge is -2.23. The summed E-state index contributed by atoms with van der Waals surface area (Å²) in [6.45, 7) is 2.77. The van der Waals surface area contributed by atoms with Crippen LogP contribution in [-0.4, -0.2) is 23.8 Å². The second kappa shape index (κ2) is 3.18. The topological polar surface area (TPSA) is 34.3 Å². The summed E-state index contributed by atoms with van der Waals surface area (Å²) in [4.78, 5) is 0. The lowest BCUT2D eigenvalue weighted by atomic mass is 10.0. The first-order valence-electron chi connectivity index (χ1n) is 3.65. The van der Waals surface area contributed by atoms with Crippen molar-refractivity contribution in [3.63, 3.8) is 0 Å². The van der Waals surface area contributed by atoms with Gasteiger partial charge in [0.25, 0.3) is 0 Å². The van der Waals surface area contributed by atoms with E-state index in [2.05, 4.69) is 5.32 Å². The molecule has 0 aromatic heterocycles. The summed E-state index contributed by atoms with van der Waals surface area (Å²) in [5, 5.41) is 13.4. The number of piperidine rings is 1. The molecule has 53 valence electrons. The fourth-order valence-electron chi connectivity index (χ4n) is 1.21. The third-order valence-corrected chi connectivity index (χ3v) is 1.83. The molecule has 9 heavy (non-hydrogen) atoms. The molecule has 0 aromatic rings. The van der Waals surface area contributed by atoms with Gasteiger partial charge in [-0.1, -0.05) is 6.42 Å². The van der Waals surface area contributed by atoms with Crippen molar-refractivity contribution in [3.8, 4) is 0 Å². The molecule has 0 saturated carbocycles. The zero-order valence-corrected chi connectivity index (χ0v) is 5.88. The van der Waals surface area contributed by atoms with E-state index in [0.717, 1.165) is 13.0 Å². The maximum atomic E-state index is 9.08. The normalized spacial score (nSPS) is 32.0. The van der Waals surface area contributed by atoms with Crippen LogP contribution in [-0.2, 0) is 0 Å². The molecule has 0 aromatic carbocycles. The van der Waals surface area contributed by atoms with E-state index < -0.39 is 0 Å². The van der Waals surface area contributed by atoms with Crippen LogP contribution >= 0.6 is 0 Å². The molecule has 2 nitrogen and oxygen atoms in total. The van der Waals surface area contributed by atoms with E-state index in [1.165, 1.54) is 12.8 Å². The molecule has 0 spiro atoms. The first-order chi connectivity index (χ1) is 4.30. The molecule has 1 saturated heterocycles. The van der Waals surface area contributed by atoms with Crippen molar-refractivity contribution in [2.75, 3.05) is 6.54 Å². The Morgan fingerprint density at radius 3 is 2.67 bits per heavy atom. The molecule has 0 aliphatic carbocycles. The summed E-state index contributed by atoms with van der Waals surface area (Å²) in [7, 11) is 0. The lowest BCUT2D eigenvalue weighted by Crippen LogP contribution is -2.36. The number of nitrogens with zero attached hydrogens (tertiary/aromatic N) is 1. The van der Waals surface area contributed by atoms with E-state index in [4.69, 9.17) is 5.11 Å². The average Bonchev–Trinajstić information content (AvgIpc) is 1.90. The highest BCUT2D eigenvalue weighted by Gasteiger charge is 2.17. The molecule has 1 aliphatic heterocycles. The minimum atomic E-state index is -0.231. The molecule has 0 bridgehead atoms. The molecule has 2 atom stereocenters. The Morgan fingerprint density at radius 2 is 2.33 bits per heavy atom. The molecule has 1 aliphatic rings. The van der Waals surface area contributed by atoms with Crippen LogP contribution in [0.1, 0.15) is 26.2 Å². The van der Waals surface area contributed by atoms with Crippen molar-refractivity contribution in [3.05, 3.63) is 0 Å². The third-order valence-electron chi connectivity index (χ3n) is 1.83. The summed E-state index contributed by atoms with van der Waals surface area (Å²) in [5.74, 6) is 0. The summed E-state index contributed by atoms with van der Waals surface area (Å²) >= 11 is 0. The zero-order valence-electron chi connectivity index (χ0n) is 5.88. The van der Waals surface area contributed by atoms with Gasteiger partial charge in [0.05, 0.1) is 12.1 Å². The zero-order chi connectivity index (χ0) is 6.69. The van der Waals surface area contributed by atoms with Gasteiger partial charge in [-0.3, -0.25) is 0 Å². The third kappa shape index (κ3) is 1.95. The Balaban J connectivity index is 2.23. The number of aliphatic hydroxyl groups is 1. The number of rotatable bonds is 1. The van der Waals surface area contributed by atoms with Crippen molar-refractivity contribution in [2.45, 2.75) is 38.3 Å². The van der Waals surface area contributed by atoms with Gasteiger partial charge >= 0.3 is 0 Å². The second-order valence-electron chi connectivity index (χ2n) is 2.71. The van der Waals surface area contributed by atoms with Gasteiger partial charge in [0.2, 0.25) is 0 Å². The molecular weight excluding hydrogens is 114 g/mol. The smallest absolute Gasteiger partial charge is 0.0681 e. The van der Waals surface area contributed by atoms with E-state index in [-0.39, 0.29) is 12.1 Å². The highest BCUT2D eigenvalue weighted by Crippen LogP contribution is 2.10. The van der Waals surface area contributed by atoms with Crippen LogP contribution < -0.4 is 5.32 Å². The largest absolute Gasteiger partial charge is 0.392 e. The van der Waals surface area contributed by atoms with Gasteiger partial charge in [-0.15, -0.1) is 0 Å². The Bertz CT molecular complexity index is 77.0. The molecule has 1 radical (unpaired) electrons. The highest BCUT2D eigenvalue weighted by atomic mass is 16.3. The minimum Gasteiger partial charge on any atom is -0.392 e. The van der Waals surface area contributed by atoms with Crippen molar-refractivity contribution >= 4 is 0 Å². The van der Waals surface area contributed by atoms with E-state index in [9.17, 15) is 0 Å². The van der Waals surface area contributed by atoms with Gasteiger partial charge < -0.3 is 5.11 Å². The minimum absolute atomic E-state index is 0.231. The van der Waals surface area contributed by atoms with Crippen LogP contribution in [0.2, 0.25) is 0 Å². The summed E-state index contributed by atoms with van der Waals surface area (Å²) in [5.41, 5.74) is 0. The van der Waals surface area contributed by atoms with E-state index >= 15 is 0 Å². The van der Waals surface area contributed by atoms with Crippen LogP contribution in [0.4, 0.5) is 0 Å². The van der Waals surface area contributed by atoms with E-state index in [0.29, 0.717) is 0 Å². The van der Waals surface area contributed by atoms with Gasteiger partial charge in [-0.05, 0) is 19.8 Å². The number of aliphatic hydroxyl groups excluding tert-OH is 1. The van der Waals surface area contributed by atoms with Crippen LogP contribution in [0.3, 0.4) is 0 Å². The van der Waals surface area contributed by atoms with Crippen molar-refractivity contribution in [1.82, 2.24) is 5.32 Å². The molecule has 2 unspecified atom stereocenters. The Hall–Kier alpha value is -0.0800. The lowest BCUT2D eigenvalue weighted by molar-refractivity contribution is 0.127. The second-order valence-corrected chi connectivity index (χ2v) is 2.71. The number of hydrogen-bond acceptors (Lipinski definition) is 1. The summed E-state index contributed by atoms with van der Waals surface area (Å²) < 4.78 is 0. The van der Waals surface area contributed by atoms with Crippen LogP contribution in [0, 0.1) is 0 Å². The number of hydrogen-bond donors (Lipinski definition) is 1. The maximum absolute atomic E-state index is 9.08. The Labute approximate surface area is 56.3 Å². The predicted molar refractivity (Wildman–Crippen MR) is 36.3 cm³/mol. The van der Waals surface area contributed by atoms with E-state index in [1.807, 2.05) is 6.92 Å². The van der Waals surface area contributed by atoms with Gasteiger partial charge in [-0.2, -0.15) is 0 Å². The van der Waals surface area contributed by atoms with Crippen molar-refractivity contribution in [1.29, 1.82) is 0 Å². The van der Waals surface area contributed by atoms with Crippen LogP contribution in [0.15, 0.2) is 0 Å². The highest BCUT2D eigenvalue weighted by molar-refractivity contribution is 4.75. The molecule has 1 fully saturated rings. The van der Waals surface area contributed by atoms with Gasteiger partial charge in [0.1, 0.15) is 0 Å². The van der Waals surface area contributed by atoms with Crippen LogP contribution in [0.25, 0.3) is 0 Å². The SMILES string of the molecule is CC(O)C1CCCC[N]1. The predicted octanol–water partition coefficient (Wildman–Crippen LogP) is 0.524. The monoisotopic (exact) mass is 128 g/mol. The maximum Gasteiger partial charge on any atom is 0.0681 e. The molecule has 0 amide bonds. The summed E-state index contributed by atoms with van der Waals surface area (Å²) in [6, 6.07) is 0.235. The molecule has 1 N–H and O–H groups in total. The fourth-order valence-corrected chi connectivity index (χ4v) is 1.21. The Kier molecular flexibility index (Phi) is 2.49. The van der Waals surface area contributed by atoms with E-state index in [1.54, 1.807) is 0 Å². The standard InChI is InChI=1S/C7H14NO/c1-6(9)7-4-2-3-5-8-7/h6-7,9H,2-5H2,1H3. The van der Waals surface area contributed by atoms with Crippen molar-refractivity contribution in [2.24, 2.45) is 0 Å². The van der Waals surface area contributed by atoms with Crippen molar-refractivity contribution < 1.29 is 5.11 Å². The fraction of sp³-hybridized carbons (Fsp3) is 1.00. The Morgan fingerprint density at radius 1 is 1.56 bits per heavy atom. The molecular formula is C7H14NO. The first kappa shape index (κ1) is 7.03. The van der Waals surface area contributed by atoms with Gasteiger partial charge in [0, 0.05) is 6.54 Å². The average molecular weight is 128 g/mol. The van der Waals surface area contributed by atoms with Crippen LogP contribution in [0.5, 0.6) is 0 Å². The first-order valence-corrected chi connectivity index (χ1v) is 3.65. The van der Waals surface area contributed by atoms with Gasteiger partial charge in [0.15, 0.2) is 0 Å². The quantitative estimate of drug-likeness (QED) is 0.549.